The van der Waals surface area contributed by atoms with E-state index in [1.807, 2.05) is 60.2 Å². The zero-order valence-corrected chi connectivity index (χ0v) is 19.5. The van der Waals surface area contributed by atoms with E-state index in [1.165, 1.54) is 11.8 Å². The number of amides is 1. The van der Waals surface area contributed by atoms with E-state index in [0.29, 0.717) is 16.3 Å². The number of hydrogen-bond acceptors (Lipinski definition) is 6. The largest absolute Gasteiger partial charge is 0.459 e. The van der Waals surface area contributed by atoms with Gasteiger partial charge in [-0.25, -0.2) is 9.79 Å². The number of ether oxygens (including phenoxy) is 1. The summed E-state index contributed by atoms with van der Waals surface area (Å²) in [7, 11) is 0. The molecule has 8 heteroatoms. The Hall–Kier alpha value is -2.25. The topological polar surface area (TPSA) is 62.2 Å². The van der Waals surface area contributed by atoms with E-state index in [0.717, 1.165) is 42.4 Å². The number of carbonyl (C=O) groups excluding carboxylic acids is 2. The number of carbonyl (C=O) groups is 2. The highest BCUT2D eigenvalue weighted by atomic mass is 35.5. The molecule has 1 amide bonds. The molecule has 1 aromatic rings. The third-order valence-electron chi connectivity index (χ3n) is 5.54. The van der Waals surface area contributed by atoms with Crippen molar-refractivity contribution in [3.63, 3.8) is 0 Å². The summed E-state index contributed by atoms with van der Waals surface area (Å²) in [4.78, 5) is 34.6. The minimum absolute atomic E-state index is 0.109. The maximum Gasteiger partial charge on any atom is 0.338 e. The van der Waals surface area contributed by atoms with Crippen molar-refractivity contribution in [1.82, 2.24) is 9.80 Å². The summed E-state index contributed by atoms with van der Waals surface area (Å²) in [5, 5.41) is 3.36. The first-order valence-electron chi connectivity index (χ1n) is 10.5. The Kier molecular flexibility index (Phi) is 6.44. The van der Waals surface area contributed by atoms with Gasteiger partial charge in [0.05, 0.1) is 29.8 Å². The van der Waals surface area contributed by atoms with Gasteiger partial charge in [0.1, 0.15) is 0 Å². The van der Waals surface area contributed by atoms with Crippen molar-refractivity contribution in [2.75, 3.05) is 13.1 Å². The van der Waals surface area contributed by atoms with Gasteiger partial charge in [-0.2, -0.15) is 0 Å². The third kappa shape index (κ3) is 4.53. The van der Waals surface area contributed by atoms with Crippen LogP contribution in [0.5, 0.6) is 0 Å². The fourth-order valence-corrected chi connectivity index (χ4v) is 5.19. The number of allylic oxidation sites excluding steroid dienone is 1. The fourth-order valence-electron chi connectivity index (χ4n) is 4.10. The Labute approximate surface area is 192 Å². The van der Waals surface area contributed by atoms with Crippen molar-refractivity contribution in [2.24, 2.45) is 4.99 Å². The van der Waals surface area contributed by atoms with Crippen LogP contribution in [0.4, 0.5) is 0 Å². The molecule has 0 saturated carbocycles. The van der Waals surface area contributed by atoms with Crippen LogP contribution < -0.4 is 0 Å². The molecular weight excluding hydrogens is 434 g/mol. The maximum absolute atomic E-state index is 13.1. The van der Waals surface area contributed by atoms with Crippen LogP contribution in [0.2, 0.25) is 5.02 Å². The third-order valence-corrected chi connectivity index (χ3v) is 6.68. The average molecular weight is 460 g/mol. The standard InChI is InChI=1S/C23H26ClN3O3S/c1-14(2)30-22(29)20-15(3)25-23-27(21(20)16-6-8-17(24)9-7-16)18(13-31-23)12-19(28)26-10-4-5-11-26/h6-9,13-14,21H,4-5,10-12H2,1-3H3. The molecule has 1 aromatic carbocycles. The monoisotopic (exact) mass is 459 g/mol. The number of nitrogens with zero attached hydrogens (tertiary/aromatic N) is 3. The number of esters is 1. The van der Waals surface area contributed by atoms with Crippen LogP contribution in [0.25, 0.3) is 0 Å². The van der Waals surface area contributed by atoms with Crippen LogP contribution >= 0.6 is 23.4 Å². The van der Waals surface area contributed by atoms with E-state index < -0.39 is 12.0 Å². The predicted molar refractivity (Wildman–Crippen MR) is 124 cm³/mol. The summed E-state index contributed by atoms with van der Waals surface area (Å²) in [6.07, 6.45) is 2.14. The molecule has 0 spiro atoms. The van der Waals surface area contributed by atoms with Crippen molar-refractivity contribution in [3.8, 4) is 0 Å². The molecule has 0 N–H and O–H groups in total. The van der Waals surface area contributed by atoms with Gasteiger partial charge in [0.2, 0.25) is 5.91 Å². The minimum atomic E-state index is -0.427. The van der Waals surface area contributed by atoms with Gasteiger partial charge in [-0.3, -0.25) is 4.79 Å². The summed E-state index contributed by atoms with van der Waals surface area (Å²) in [5.74, 6) is -0.282. The van der Waals surface area contributed by atoms with E-state index in [-0.39, 0.29) is 18.4 Å². The Bertz CT molecular complexity index is 978. The summed E-state index contributed by atoms with van der Waals surface area (Å²) in [5.41, 5.74) is 2.86. The molecule has 31 heavy (non-hydrogen) atoms. The highest BCUT2D eigenvalue weighted by molar-refractivity contribution is 8.16. The van der Waals surface area contributed by atoms with E-state index in [4.69, 9.17) is 16.3 Å². The van der Waals surface area contributed by atoms with Crippen LogP contribution in [-0.2, 0) is 14.3 Å². The van der Waals surface area contributed by atoms with E-state index in [2.05, 4.69) is 4.99 Å². The molecule has 0 radical (unpaired) electrons. The SMILES string of the molecule is CC1=C(C(=O)OC(C)C)C(c2ccc(Cl)cc2)N2C(CC(=O)N3CCCC3)=CSC2=N1. The number of aliphatic imine (C=N–C) groups is 1. The van der Waals surface area contributed by atoms with Gasteiger partial charge in [0, 0.05) is 23.8 Å². The zero-order chi connectivity index (χ0) is 22.1. The Morgan fingerprint density at radius 1 is 1.23 bits per heavy atom. The van der Waals surface area contributed by atoms with E-state index in [1.54, 1.807) is 0 Å². The second-order valence-electron chi connectivity index (χ2n) is 8.16. The van der Waals surface area contributed by atoms with Crippen LogP contribution in [0.3, 0.4) is 0 Å². The second kappa shape index (κ2) is 9.09. The first-order valence-corrected chi connectivity index (χ1v) is 11.8. The first-order chi connectivity index (χ1) is 14.8. The Morgan fingerprint density at radius 2 is 1.90 bits per heavy atom. The summed E-state index contributed by atoms with van der Waals surface area (Å²) in [6.45, 7) is 7.11. The highest BCUT2D eigenvalue weighted by Gasteiger charge is 2.41. The smallest absolute Gasteiger partial charge is 0.338 e. The van der Waals surface area contributed by atoms with Crippen molar-refractivity contribution in [1.29, 1.82) is 0 Å². The molecule has 164 valence electrons. The zero-order valence-electron chi connectivity index (χ0n) is 17.9. The molecule has 3 aliphatic rings. The minimum Gasteiger partial charge on any atom is -0.459 e. The Balaban J connectivity index is 1.71. The number of halogens is 1. The van der Waals surface area contributed by atoms with E-state index in [9.17, 15) is 9.59 Å². The molecule has 0 aliphatic carbocycles. The molecule has 3 aliphatic heterocycles. The summed E-state index contributed by atoms with van der Waals surface area (Å²) in [6, 6.07) is 7.02. The maximum atomic E-state index is 13.1. The van der Waals surface area contributed by atoms with Gasteiger partial charge in [-0.1, -0.05) is 35.5 Å². The molecule has 3 heterocycles. The van der Waals surface area contributed by atoms with Crippen molar-refractivity contribution >= 4 is 40.4 Å². The van der Waals surface area contributed by atoms with Gasteiger partial charge in [-0.15, -0.1) is 0 Å². The lowest BCUT2D eigenvalue weighted by Crippen LogP contribution is -2.38. The predicted octanol–water partition coefficient (Wildman–Crippen LogP) is 4.88. The van der Waals surface area contributed by atoms with Gasteiger partial charge in [-0.05, 0) is 56.7 Å². The Morgan fingerprint density at radius 3 is 2.55 bits per heavy atom. The van der Waals surface area contributed by atoms with Gasteiger partial charge in [0.25, 0.3) is 0 Å². The lowest BCUT2D eigenvalue weighted by atomic mass is 9.94. The number of fused-ring (bicyclic) bond motifs is 1. The quantitative estimate of drug-likeness (QED) is 0.587. The van der Waals surface area contributed by atoms with Crippen molar-refractivity contribution in [2.45, 2.75) is 52.2 Å². The number of benzene rings is 1. The number of likely N-dealkylation sites (tertiary alicyclic amines) is 1. The summed E-state index contributed by atoms with van der Waals surface area (Å²) < 4.78 is 5.56. The van der Waals surface area contributed by atoms with Crippen LogP contribution in [0.1, 0.15) is 51.6 Å². The second-order valence-corrected chi connectivity index (χ2v) is 9.44. The molecule has 1 saturated heterocycles. The summed E-state index contributed by atoms with van der Waals surface area (Å²) >= 11 is 7.60. The molecule has 6 nitrogen and oxygen atoms in total. The number of thioether (sulfide) groups is 1. The highest BCUT2D eigenvalue weighted by Crippen LogP contribution is 2.45. The molecule has 1 atom stereocenters. The number of rotatable bonds is 5. The first kappa shape index (κ1) is 22.0. The van der Waals surface area contributed by atoms with E-state index >= 15 is 0 Å². The average Bonchev–Trinajstić information content (AvgIpc) is 3.37. The van der Waals surface area contributed by atoms with Gasteiger partial charge >= 0.3 is 5.97 Å². The molecule has 1 fully saturated rings. The van der Waals surface area contributed by atoms with Crippen LogP contribution in [-0.4, -0.2) is 46.0 Å². The lowest BCUT2D eigenvalue weighted by molar-refractivity contribution is -0.143. The molecule has 0 bridgehead atoms. The van der Waals surface area contributed by atoms with Crippen LogP contribution in [0.15, 0.2) is 51.6 Å². The number of amidine groups is 1. The van der Waals surface area contributed by atoms with Crippen molar-refractivity contribution in [3.05, 3.63) is 57.2 Å². The molecular formula is C23H26ClN3O3S. The number of hydrogen-bond donors (Lipinski definition) is 0. The molecule has 0 aromatic heterocycles. The van der Waals surface area contributed by atoms with Crippen LogP contribution in [0, 0.1) is 0 Å². The molecule has 1 unspecified atom stereocenters. The molecule has 4 rings (SSSR count). The van der Waals surface area contributed by atoms with Gasteiger partial charge < -0.3 is 14.5 Å². The lowest BCUT2D eigenvalue weighted by Gasteiger charge is -2.36. The van der Waals surface area contributed by atoms with Crippen molar-refractivity contribution < 1.29 is 14.3 Å². The van der Waals surface area contributed by atoms with Gasteiger partial charge in [0.15, 0.2) is 5.17 Å². The fraction of sp³-hybridized carbons (Fsp3) is 0.435. The normalized spacial score (nSPS) is 20.7.